The molecule has 0 heterocycles. The standard InChI is InChI=1S/C36H28/c1-25-13-12-14-26-23-24-33(34(25)26)36(27-15-4-2-5-16-27,28-17-6-3-7-18-28)35-31-21-10-8-19-29(31)30-20-9-11-22-32(30)35/h2-24,33,35H,1H3. The lowest BCUT2D eigenvalue weighted by Gasteiger charge is -2.46. The van der Waals surface area contributed by atoms with Crippen molar-refractivity contribution >= 4 is 6.08 Å². The van der Waals surface area contributed by atoms with Gasteiger partial charge in [-0.25, -0.2) is 0 Å². The van der Waals surface area contributed by atoms with Crippen LogP contribution in [0.3, 0.4) is 0 Å². The smallest absolute Gasteiger partial charge is 0.0415 e. The van der Waals surface area contributed by atoms with Crippen LogP contribution in [0.4, 0.5) is 0 Å². The maximum Gasteiger partial charge on any atom is 0.0415 e. The second-order valence-electron chi connectivity index (χ2n) is 10.1. The Bertz CT molecular complexity index is 1510. The molecule has 2 aliphatic rings. The van der Waals surface area contributed by atoms with E-state index in [0.29, 0.717) is 0 Å². The average Bonchev–Trinajstić information content (AvgIpc) is 3.52. The maximum absolute atomic E-state index is 2.47. The molecule has 0 bridgehead atoms. The van der Waals surface area contributed by atoms with Gasteiger partial charge in [0.25, 0.3) is 0 Å². The minimum atomic E-state index is -0.320. The Kier molecular flexibility index (Phi) is 4.82. The molecule has 36 heavy (non-hydrogen) atoms. The van der Waals surface area contributed by atoms with E-state index in [9.17, 15) is 0 Å². The number of fused-ring (bicyclic) bond motifs is 4. The van der Waals surface area contributed by atoms with Crippen LogP contribution in [0, 0.1) is 6.92 Å². The highest BCUT2D eigenvalue weighted by atomic mass is 14.5. The van der Waals surface area contributed by atoms with Crippen LogP contribution in [0.1, 0.15) is 50.8 Å². The van der Waals surface area contributed by atoms with Gasteiger partial charge in [0, 0.05) is 17.3 Å². The van der Waals surface area contributed by atoms with E-state index in [2.05, 4.69) is 146 Å². The first kappa shape index (κ1) is 21.1. The van der Waals surface area contributed by atoms with Crippen molar-refractivity contribution in [2.75, 3.05) is 0 Å². The summed E-state index contributed by atoms with van der Waals surface area (Å²) in [6.45, 7) is 2.27. The fourth-order valence-electron chi connectivity index (χ4n) is 7.06. The predicted octanol–water partition coefficient (Wildman–Crippen LogP) is 8.90. The average molecular weight is 461 g/mol. The van der Waals surface area contributed by atoms with Crippen molar-refractivity contribution in [2.24, 2.45) is 0 Å². The van der Waals surface area contributed by atoms with Gasteiger partial charge in [-0.15, -0.1) is 0 Å². The molecule has 0 heteroatoms. The molecule has 5 aromatic rings. The zero-order valence-electron chi connectivity index (χ0n) is 20.4. The molecule has 0 aromatic heterocycles. The molecule has 7 rings (SSSR count). The number of hydrogen-bond acceptors (Lipinski definition) is 0. The minimum Gasteiger partial charge on any atom is -0.0751 e. The first-order chi connectivity index (χ1) is 17.8. The van der Waals surface area contributed by atoms with Crippen LogP contribution in [-0.2, 0) is 5.41 Å². The number of hydrogen-bond donors (Lipinski definition) is 0. The maximum atomic E-state index is 2.47. The van der Waals surface area contributed by atoms with E-state index in [1.165, 1.54) is 50.1 Å². The Morgan fingerprint density at radius 3 is 1.64 bits per heavy atom. The Labute approximate surface area is 213 Å². The second-order valence-corrected chi connectivity index (χ2v) is 10.1. The summed E-state index contributed by atoms with van der Waals surface area (Å²) in [5.41, 5.74) is 12.1. The van der Waals surface area contributed by atoms with Crippen LogP contribution in [0.5, 0.6) is 0 Å². The molecule has 0 fully saturated rings. The molecule has 5 aromatic carbocycles. The Morgan fingerprint density at radius 2 is 1.06 bits per heavy atom. The number of benzene rings is 5. The largest absolute Gasteiger partial charge is 0.0751 e. The monoisotopic (exact) mass is 460 g/mol. The summed E-state index contributed by atoms with van der Waals surface area (Å²) < 4.78 is 0. The Hall–Kier alpha value is -4.16. The van der Waals surface area contributed by atoms with E-state index in [1.54, 1.807) is 0 Å². The van der Waals surface area contributed by atoms with Crippen molar-refractivity contribution in [2.45, 2.75) is 24.2 Å². The van der Waals surface area contributed by atoms with E-state index in [4.69, 9.17) is 0 Å². The highest BCUT2D eigenvalue weighted by Gasteiger charge is 2.53. The normalized spacial score (nSPS) is 16.0. The first-order valence-electron chi connectivity index (χ1n) is 12.9. The van der Waals surface area contributed by atoms with Crippen LogP contribution in [0.15, 0.2) is 133 Å². The molecule has 0 N–H and O–H groups in total. The Balaban J connectivity index is 1.65. The van der Waals surface area contributed by atoms with Crippen LogP contribution in [0.25, 0.3) is 17.2 Å². The lowest BCUT2D eigenvalue weighted by molar-refractivity contribution is 0.416. The van der Waals surface area contributed by atoms with Crippen molar-refractivity contribution < 1.29 is 0 Å². The first-order valence-corrected chi connectivity index (χ1v) is 12.9. The molecular formula is C36H28. The van der Waals surface area contributed by atoms with Gasteiger partial charge in [0.15, 0.2) is 0 Å². The van der Waals surface area contributed by atoms with Crippen molar-refractivity contribution in [3.63, 3.8) is 0 Å². The highest BCUT2D eigenvalue weighted by molar-refractivity contribution is 5.82. The minimum absolute atomic E-state index is 0.176. The van der Waals surface area contributed by atoms with Crippen LogP contribution in [-0.4, -0.2) is 0 Å². The quantitative estimate of drug-likeness (QED) is 0.251. The number of aryl methyl sites for hydroxylation is 1. The van der Waals surface area contributed by atoms with E-state index in [-0.39, 0.29) is 17.3 Å². The summed E-state index contributed by atoms with van der Waals surface area (Å²) in [5.74, 6) is 0.373. The van der Waals surface area contributed by atoms with Crippen LogP contribution >= 0.6 is 0 Å². The van der Waals surface area contributed by atoms with Gasteiger partial charge in [-0.3, -0.25) is 0 Å². The SMILES string of the molecule is Cc1cccc2c1C(C(c1ccccc1)(c1ccccc1)C1c3ccccc3-c3ccccc31)C=C2. The Morgan fingerprint density at radius 1 is 0.528 bits per heavy atom. The molecule has 0 amide bonds. The molecule has 172 valence electrons. The third-order valence-electron chi connectivity index (χ3n) is 8.42. The van der Waals surface area contributed by atoms with E-state index in [1.807, 2.05) is 0 Å². The van der Waals surface area contributed by atoms with Crippen molar-refractivity contribution in [1.82, 2.24) is 0 Å². The molecule has 0 saturated heterocycles. The van der Waals surface area contributed by atoms with E-state index in [0.717, 1.165) is 0 Å². The van der Waals surface area contributed by atoms with Crippen molar-refractivity contribution in [1.29, 1.82) is 0 Å². The summed E-state index contributed by atoms with van der Waals surface area (Å²) in [4.78, 5) is 0. The van der Waals surface area contributed by atoms with Gasteiger partial charge < -0.3 is 0 Å². The number of rotatable bonds is 4. The second kappa shape index (κ2) is 8.21. The summed E-state index contributed by atoms with van der Waals surface area (Å²) in [5, 5.41) is 0. The van der Waals surface area contributed by atoms with Gasteiger partial charge in [-0.05, 0) is 57.0 Å². The summed E-state index contributed by atoms with van der Waals surface area (Å²) in [6.07, 6.45) is 4.82. The molecule has 0 nitrogen and oxygen atoms in total. The van der Waals surface area contributed by atoms with Crippen LogP contribution < -0.4 is 0 Å². The molecular weight excluding hydrogens is 432 g/mol. The predicted molar refractivity (Wildman–Crippen MR) is 150 cm³/mol. The van der Waals surface area contributed by atoms with E-state index >= 15 is 0 Å². The lowest BCUT2D eigenvalue weighted by atomic mass is 9.55. The van der Waals surface area contributed by atoms with Crippen molar-refractivity contribution in [3.8, 4) is 11.1 Å². The molecule has 1 unspecified atom stereocenters. The topological polar surface area (TPSA) is 0 Å². The molecule has 0 aliphatic heterocycles. The van der Waals surface area contributed by atoms with Crippen LogP contribution in [0.2, 0.25) is 0 Å². The van der Waals surface area contributed by atoms with Gasteiger partial charge in [0.2, 0.25) is 0 Å². The summed E-state index contributed by atoms with van der Waals surface area (Å²) in [6, 6.07) is 47.3. The molecule has 0 saturated carbocycles. The van der Waals surface area contributed by atoms with Gasteiger partial charge in [0.05, 0.1) is 0 Å². The fourth-order valence-corrected chi connectivity index (χ4v) is 7.06. The molecule has 0 spiro atoms. The van der Waals surface area contributed by atoms with Gasteiger partial charge >= 0.3 is 0 Å². The van der Waals surface area contributed by atoms with Gasteiger partial charge in [-0.1, -0.05) is 140 Å². The molecule has 0 radical (unpaired) electrons. The third kappa shape index (κ3) is 2.88. The van der Waals surface area contributed by atoms with E-state index < -0.39 is 0 Å². The fraction of sp³-hybridized carbons (Fsp3) is 0.111. The van der Waals surface area contributed by atoms with Gasteiger partial charge in [0.1, 0.15) is 0 Å². The van der Waals surface area contributed by atoms with Crippen molar-refractivity contribution in [3.05, 3.63) is 172 Å². The zero-order chi connectivity index (χ0) is 24.1. The van der Waals surface area contributed by atoms with Gasteiger partial charge in [-0.2, -0.15) is 0 Å². The lowest BCUT2D eigenvalue weighted by Crippen LogP contribution is -2.40. The highest BCUT2D eigenvalue weighted by Crippen LogP contribution is 2.63. The zero-order valence-corrected chi connectivity index (χ0v) is 20.4. The molecule has 2 aliphatic carbocycles. The summed E-state index contributed by atoms with van der Waals surface area (Å²) >= 11 is 0. The summed E-state index contributed by atoms with van der Waals surface area (Å²) in [7, 11) is 0. The molecule has 1 atom stereocenters. The third-order valence-corrected chi connectivity index (χ3v) is 8.42. The number of allylic oxidation sites excluding steroid dienone is 1.